The molecule has 2 heterocycles. The second-order valence-electron chi connectivity index (χ2n) is 3.67. The van der Waals surface area contributed by atoms with Gasteiger partial charge in [-0.3, -0.25) is 0 Å². The highest BCUT2D eigenvalue weighted by Crippen LogP contribution is 2.25. The fourth-order valence-corrected chi connectivity index (χ4v) is 1.85. The summed E-state index contributed by atoms with van der Waals surface area (Å²) in [5, 5.41) is 4.19. The Morgan fingerprint density at radius 3 is 3.00 bits per heavy atom. The van der Waals surface area contributed by atoms with Crippen LogP contribution < -0.4 is 4.74 Å². The lowest BCUT2D eigenvalue weighted by Gasteiger charge is -2.05. The lowest BCUT2D eigenvalue weighted by Crippen LogP contribution is -1.92. The Kier molecular flexibility index (Phi) is 2.26. The Balaban J connectivity index is 2.23. The van der Waals surface area contributed by atoms with E-state index >= 15 is 0 Å². The van der Waals surface area contributed by atoms with Crippen molar-refractivity contribution in [3.63, 3.8) is 0 Å². The van der Waals surface area contributed by atoms with Crippen LogP contribution in [0.4, 0.5) is 0 Å². The second kappa shape index (κ2) is 3.90. The maximum Gasteiger partial charge on any atom is 0.161 e. The quantitative estimate of drug-likeness (QED) is 0.672. The number of ether oxygens (including phenoxy) is 1. The molecule has 0 fully saturated rings. The number of rotatable bonds is 2. The van der Waals surface area contributed by atoms with Gasteiger partial charge >= 0.3 is 0 Å². The molecule has 0 aliphatic rings. The predicted molar refractivity (Wildman–Crippen MR) is 65.0 cm³/mol. The molecule has 0 bridgehead atoms. The molecule has 0 radical (unpaired) electrons. The first kappa shape index (κ1) is 9.84. The van der Waals surface area contributed by atoms with Gasteiger partial charge in [0.2, 0.25) is 0 Å². The van der Waals surface area contributed by atoms with E-state index in [2.05, 4.69) is 10.1 Å². The van der Waals surface area contributed by atoms with E-state index in [0.717, 1.165) is 22.5 Å². The minimum Gasteiger partial charge on any atom is -0.497 e. The summed E-state index contributed by atoms with van der Waals surface area (Å²) in [5.74, 6) is 0.837. The maximum absolute atomic E-state index is 5.23. The molecule has 0 amide bonds. The summed E-state index contributed by atoms with van der Waals surface area (Å²) in [6.45, 7) is 0. The number of nitrogens with zero attached hydrogens (tertiary/aromatic N) is 3. The van der Waals surface area contributed by atoms with Gasteiger partial charge in [-0.05, 0) is 23.8 Å². The summed E-state index contributed by atoms with van der Waals surface area (Å²) in [5.41, 5.74) is 2.97. The Hall–Kier alpha value is -2.36. The average Bonchev–Trinajstić information content (AvgIpc) is 2.87. The number of imidazole rings is 1. The van der Waals surface area contributed by atoms with Crippen LogP contribution in [0.2, 0.25) is 0 Å². The molecular formula is C13H11N3O. The van der Waals surface area contributed by atoms with Crippen LogP contribution in [-0.2, 0) is 0 Å². The fourth-order valence-electron chi connectivity index (χ4n) is 1.85. The third-order valence-corrected chi connectivity index (χ3v) is 2.68. The van der Waals surface area contributed by atoms with Crippen LogP contribution in [0.15, 0.2) is 48.9 Å². The van der Waals surface area contributed by atoms with Crippen molar-refractivity contribution in [2.75, 3.05) is 7.11 Å². The first-order valence-corrected chi connectivity index (χ1v) is 5.31. The monoisotopic (exact) mass is 225 g/mol. The zero-order valence-corrected chi connectivity index (χ0v) is 9.37. The SMILES string of the molecule is COc1cccc(-c2ccnn3ccnc23)c1. The van der Waals surface area contributed by atoms with E-state index in [1.165, 1.54) is 0 Å². The number of aromatic nitrogens is 3. The number of methoxy groups -OCH3 is 1. The zero-order chi connectivity index (χ0) is 11.7. The van der Waals surface area contributed by atoms with Gasteiger partial charge in [0.05, 0.1) is 7.11 Å². The molecule has 0 aliphatic carbocycles. The van der Waals surface area contributed by atoms with Crippen molar-refractivity contribution in [1.29, 1.82) is 0 Å². The van der Waals surface area contributed by atoms with Gasteiger partial charge in [0.15, 0.2) is 5.65 Å². The maximum atomic E-state index is 5.23. The van der Waals surface area contributed by atoms with Crippen LogP contribution >= 0.6 is 0 Å². The van der Waals surface area contributed by atoms with Crippen LogP contribution in [-0.4, -0.2) is 21.7 Å². The van der Waals surface area contributed by atoms with Gasteiger partial charge in [-0.15, -0.1) is 0 Å². The predicted octanol–water partition coefficient (Wildman–Crippen LogP) is 2.40. The van der Waals surface area contributed by atoms with Gasteiger partial charge in [0.25, 0.3) is 0 Å². The van der Waals surface area contributed by atoms with E-state index < -0.39 is 0 Å². The highest BCUT2D eigenvalue weighted by Gasteiger charge is 2.06. The molecular weight excluding hydrogens is 214 g/mol. The molecule has 1 aromatic carbocycles. The van der Waals surface area contributed by atoms with E-state index in [0.29, 0.717) is 0 Å². The average molecular weight is 225 g/mol. The van der Waals surface area contributed by atoms with Crippen molar-refractivity contribution in [3.8, 4) is 16.9 Å². The molecule has 0 unspecified atom stereocenters. The first-order valence-electron chi connectivity index (χ1n) is 5.31. The Morgan fingerprint density at radius 1 is 1.18 bits per heavy atom. The van der Waals surface area contributed by atoms with Gasteiger partial charge in [-0.25, -0.2) is 9.50 Å². The molecule has 0 atom stereocenters. The van der Waals surface area contributed by atoms with Crippen molar-refractivity contribution in [1.82, 2.24) is 14.6 Å². The van der Waals surface area contributed by atoms with Crippen molar-refractivity contribution in [2.45, 2.75) is 0 Å². The highest BCUT2D eigenvalue weighted by atomic mass is 16.5. The summed E-state index contributed by atoms with van der Waals surface area (Å²) in [6.07, 6.45) is 5.34. The minimum atomic E-state index is 0.837. The van der Waals surface area contributed by atoms with Crippen molar-refractivity contribution < 1.29 is 4.74 Å². The molecule has 84 valence electrons. The van der Waals surface area contributed by atoms with Gasteiger partial charge < -0.3 is 4.74 Å². The zero-order valence-electron chi connectivity index (χ0n) is 9.37. The van der Waals surface area contributed by atoms with Gasteiger partial charge in [0.1, 0.15) is 5.75 Å². The summed E-state index contributed by atoms with van der Waals surface area (Å²) in [7, 11) is 1.66. The van der Waals surface area contributed by atoms with Crippen molar-refractivity contribution in [2.24, 2.45) is 0 Å². The Labute approximate surface area is 98.5 Å². The summed E-state index contributed by atoms with van der Waals surface area (Å²) >= 11 is 0. The van der Waals surface area contributed by atoms with Crippen LogP contribution in [0, 0.1) is 0 Å². The standard InChI is InChI=1S/C13H11N3O/c1-17-11-4-2-3-10(9-11)12-5-6-15-16-8-7-14-13(12)16/h2-9H,1H3. The van der Waals surface area contributed by atoms with E-state index in [1.54, 1.807) is 24.0 Å². The molecule has 0 spiro atoms. The second-order valence-corrected chi connectivity index (χ2v) is 3.67. The van der Waals surface area contributed by atoms with E-state index in [9.17, 15) is 0 Å². The largest absolute Gasteiger partial charge is 0.497 e. The van der Waals surface area contributed by atoms with E-state index in [-0.39, 0.29) is 0 Å². The molecule has 0 saturated heterocycles. The summed E-state index contributed by atoms with van der Waals surface area (Å²) in [6, 6.07) is 9.87. The number of fused-ring (bicyclic) bond motifs is 1. The fraction of sp³-hybridized carbons (Fsp3) is 0.0769. The third-order valence-electron chi connectivity index (χ3n) is 2.68. The molecule has 17 heavy (non-hydrogen) atoms. The molecule has 0 aliphatic heterocycles. The molecule has 0 saturated carbocycles. The Bertz CT molecular complexity index is 660. The van der Waals surface area contributed by atoms with Crippen molar-refractivity contribution in [3.05, 3.63) is 48.9 Å². The molecule has 0 N–H and O–H groups in total. The van der Waals surface area contributed by atoms with E-state index in [4.69, 9.17) is 4.74 Å². The lowest BCUT2D eigenvalue weighted by molar-refractivity contribution is 0.415. The third kappa shape index (κ3) is 1.63. The van der Waals surface area contributed by atoms with Crippen LogP contribution in [0.5, 0.6) is 5.75 Å². The molecule has 3 aromatic rings. The lowest BCUT2D eigenvalue weighted by atomic mass is 10.1. The van der Waals surface area contributed by atoms with Crippen molar-refractivity contribution >= 4 is 5.65 Å². The first-order chi connectivity index (χ1) is 8.38. The summed E-state index contributed by atoms with van der Waals surface area (Å²) in [4.78, 5) is 4.31. The molecule has 2 aromatic heterocycles. The van der Waals surface area contributed by atoms with Crippen LogP contribution in [0.25, 0.3) is 16.8 Å². The molecule has 3 rings (SSSR count). The summed E-state index contributed by atoms with van der Waals surface area (Å²) < 4.78 is 6.99. The minimum absolute atomic E-state index is 0.837. The highest BCUT2D eigenvalue weighted by molar-refractivity contribution is 5.77. The number of benzene rings is 1. The molecule has 4 heteroatoms. The number of hydrogen-bond donors (Lipinski definition) is 0. The van der Waals surface area contributed by atoms with Gasteiger partial charge in [-0.1, -0.05) is 12.1 Å². The van der Waals surface area contributed by atoms with Crippen LogP contribution in [0.1, 0.15) is 0 Å². The van der Waals surface area contributed by atoms with Gasteiger partial charge in [-0.2, -0.15) is 5.10 Å². The van der Waals surface area contributed by atoms with E-state index in [1.807, 2.05) is 36.5 Å². The smallest absolute Gasteiger partial charge is 0.161 e. The topological polar surface area (TPSA) is 39.4 Å². The van der Waals surface area contributed by atoms with Gasteiger partial charge in [0, 0.05) is 24.2 Å². The number of hydrogen-bond acceptors (Lipinski definition) is 3. The normalized spacial score (nSPS) is 10.6. The Morgan fingerprint density at radius 2 is 2.12 bits per heavy atom. The molecule has 4 nitrogen and oxygen atoms in total. The van der Waals surface area contributed by atoms with Crippen LogP contribution in [0.3, 0.4) is 0 Å².